The van der Waals surface area contributed by atoms with Crippen molar-refractivity contribution in [2.75, 3.05) is 6.54 Å². The number of esters is 1. The molecule has 3 nitrogen and oxygen atoms in total. The lowest BCUT2D eigenvalue weighted by Crippen LogP contribution is -2.59. The third-order valence-corrected chi connectivity index (χ3v) is 3.61. The van der Waals surface area contributed by atoms with Gasteiger partial charge in [0.1, 0.15) is 11.6 Å². The molecule has 110 valence electrons. The maximum Gasteiger partial charge on any atom is 0.324 e. The number of rotatable bonds is 3. The Morgan fingerprint density at radius 3 is 2.40 bits per heavy atom. The summed E-state index contributed by atoms with van der Waals surface area (Å²) in [6.07, 6.45) is 0. The van der Waals surface area contributed by atoms with Crippen LogP contribution in [-0.4, -0.2) is 29.1 Å². The number of ether oxygens (including phenoxy) is 1. The summed E-state index contributed by atoms with van der Waals surface area (Å²) in [6.45, 7) is 11.7. The molecule has 0 amide bonds. The fraction of sp³-hybridized carbons (Fsp3) is 0.588. The average molecular weight is 275 g/mol. The first kappa shape index (κ1) is 15.0. The van der Waals surface area contributed by atoms with Crippen molar-refractivity contribution in [3.8, 4) is 0 Å². The molecule has 3 heteroatoms. The van der Waals surface area contributed by atoms with Crippen LogP contribution < -0.4 is 0 Å². The Balaban J connectivity index is 1.99. The summed E-state index contributed by atoms with van der Waals surface area (Å²) >= 11 is 0. The second-order valence-corrected chi connectivity index (χ2v) is 6.87. The molecule has 1 heterocycles. The SMILES string of the molecule is Cc1ccc(CN2CC(C)C2C(=O)OC(C)(C)C)cc1. The molecule has 0 aliphatic carbocycles. The number of hydrogen-bond acceptors (Lipinski definition) is 3. The lowest BCUT2D eigenvalue weighted by atomic mass is 9.89. The molecule has 0 aromatic heterocycles. The molecule has 0 bridgehead atoms. The summed E-state index contributed by atoms with van der Waals surface area (Å²) in [6, 6.07) is 8.38. The first-order chi connectivity index (χ1) is 9.26. The van der Waals surface area contributed by atoms with Gasteiger partial charge in [0.25, 0.3) is 0 Å². The van der Waals surface area contributed by atoms with Gasteiger partial charge in [-0.15, -0.1) is 0 Å². The Morgan fingerprint density at radius 2 is 1.90 bits per heavy atom. The maximum atomic E-state index is 12.2. The predicted molar refractivity (Wildman–Crippen MR) is 80.4 cm³/mol. The highest BCUT2D eigenvalue weighted by molar-refractivity contribution is 5.77. The van der Waals surface area contributed by atoms with E-state index in [2.05, 4.69) is 43.0 Å². The average Bonchev–Trinajstić information content (AvgIpc) is 2.28. The predicted octanol–water partition coefficient (Wildman–Crippen LogP) is 3.16. The smallest absolute Gasteiger partial charge is 0.324 e. The number of nitrogens with zero attached hydrogens (tertiary/aromatic N) is 1. The van der Waals surface area contributed by atoms with Crippen LogP contribution in [0.25, 0.3) is 0 Å². The quantitative estimate of drug-likeness (QED) is 0.794. The van der Waals surface area contributed by atoms with Crippen molar-refractivity contribution in [1.82, 2.24) is 4.90 Å². The Morgan fingerprint density at radius 1 is 1.30 bits per heavy atom. The molecule has 0 N–H and O–H groups in total. The standard InChI is InChI=1S/C17H25NO2/c1-12-6-8-14(9-7-12)11-18-10-13(2)15(18)16(19)20-17(3,4)5/h6-9,13,15H,10-11H2,1-5H3. The van der Waals surface area contributed by atoms with E-state index in [0.717, 1.165) is 13.1 Å². The Hall–Kier alpha value is -1.35. The molecular weight excluding hydrogens is 250 g/mol. The number of carbonyl (C=O) groups is 1. The van der Waals surface area contributed by atoms with Crippen LogP contribution >= 0.6 is 0 Å². The summed E-state index contributed by atoms with van der Waals surface area (Å²) < 4.78 is 5.52. The van der Waals surface area contributed by atoms with Gasteiger partial charge >= 0.3 is 5.97 Å². The molecular formula is C17H25NO2. The highest BCUT2D eigenvalue weighted by Crippen LogP contribution is 2.28. The monoisotopic (exact) mass is 275 g/mol. The third-order valence-electron chi connectivity index (χ3n) is 3.61. The summed E-state index contributed by atoms with van der Waals surface area (Å²) in [5, 5.41) is 0. The van der Waals surface area contributed by atoms with Crippen LogP contribution in [0.5, 0.6) is 0 Å². The minimum absolute atomic E-state index is 0.0941. The van der Waals surface area contributed by atoms with Crippen LogP contribution in [0.3, 0.4) is 0 Å². The lowest BCUT2D eigenvalue weighted by molar-refractivity contribution is -0.171. The highest BCUT2D eigenvalue weighted by Gasteiger charge is 2.43. The largest absolute Gasteiger partial charge is 0.459 e. The summed E-state index contributed by atoms with van der Waals surface area (Å²) in [5.41, 5.74) is 2.09. The third kappa shape index (κ3) is 3.60. The minimum atomic E-state index is -0.415. The Kier molecular flexibility index (Phi) is 4.19. The van der Waals surface area contributed by atoms with Gasteiger partial charge in [0.2, 0.25) is 0 Å². The number of likely N-dealkylation sites (tertiary alicyclic amines) is 1. The van der Waals surface area contributed by atoms with E-state index in [1.165, 1.54) is 11.1 Å². The normalized spacial score (nSPS) is 23.2. The molecule has 0 saturated carbocycles. The van der Waals surface area contributed by atoms with Gasteiger partial charge in [-0.25, -0.2) is 0 Å². The van der Waals surface area contributed by atoms with E-state index in [-0.39, 0.29) is 12.0 Å². The van der Waals surface area contributed by atoms with Crippen molar-refractivity contribution in [3.05, 3.63) is 35.4 Å². The zero-order valence-electron chi connectivity index (χ0n) is 13.1. The summed E-state index contributed by atoms with van der Waals surface area (Å²) in [5.74, 6) is 0.277. The van der Waals surface area contributed by atoms with E-state index in [1.54, 1.807) is 0 Å². The van der Waals surface area contributed by atoms with Crippen molar-refractivity contribution >= 4 is 5.97 Å². The summed E-state index contributed by atoms with van der Waals surface area (Å²) in [4.78, 5) is 14.4. The molecule has 2 atom stereocenters. The second kappa shape index (κ2) is 5.57. The molecule has 1 fully saturated rings. The van der Waals surface area contributed by atoms with Crippen LogP contribution in [0.4, 0.5) is 0 Å². The topological polar surface area (TPSA) is 29.5 Å². The lowest BCUT2D eigenvalue weighted by Gasteiger charge is -2.45. The highest BCUT2D eigenvalue weighted by atomic mass is 16.6. The van der Waals surface area contributed by atoms with Gasteiger partial charge in [0.05, 0.1) is 0 Å². The van der Waals surface area contributed by atoms with Gasteiger partial charge in [-0.2, -0.15) is 0 Å². The molecule has 1 aromatic rings. The van der Waals surface area contributed by atoms with Crippen molar-refractivity contribution in [1.29, 1.82) is 0 Å². The van der Waals surface area contributed by atoms with E-state index < -0.39 is 5.60 Å². The molecule has 20 heavy (non-hydrogen) atoms. The van der Waals surface area contributed by atoms with E-state index in [9.17, 15) is 4.79 Å². The van der Waals surface area contributed by atoms with E-state index in [4.69, 9.17) is 4.74 Å². The van der Waals surface area contributed by atoms with E-state index in [1.807, 2.05) is 20.8 Å². The van der Waals surface area contributed by atoms with Crippen molar-refractivity contribution in [2.24, 2.45) is 5.92 Å². The van der Waals surface area contributed by atoms with Gasteiger partial charge < -0.3 is 4.74 Å². The minimum Gasteiger partial charge on any atom is -0.459 e. The first-order valence-electron chi connectivity index (χ1n) is 7.29. The number of hydrogen-bond donors (Lipinski definition) is 0. The molecule has 1 aromatic carbocycles. The fourth-order valence-corrected chi connectivity index (χ4v) is 2.64. The molecule has 1 saturated heterocycles. The molecule has 1 aliphatic rings. The van der Waals surface area contributed by atoms with E-state index >= 15 is 0 Å². The number of carbonyl (C=O) groups excluding carboxylic acids is 1. The Bertz CT molecular complexity index is 473. The van der Waals surface area contributed by atoms with Gasteiger partial charge in [0, 0.05) is 13.1 Å². The zero-order valence-corrected chi connectivity index (χ0v) is 13.1. The van der Waals surface area contributed by atoms with Crippen molar-refractivity contribution in [2.45, 2.75) is 52.8 Å². The maximum absolute atomic E-state index is 12.2. The molecule has 2 rings (SSSR count). The van der Waals surface area contributed by atoms with Gasteiger partial charge in [0.15, 0.2) is 0 Å². The van der Waals surface area contributed by atoms with Crippen molar-refractivity contribution in [3.63, 3.8) is 0 Å². The molecule has 1 aliphatic heterocycles. The van der Waals surface area contributed by atoms with Crippen LogP contribution in [0.1, 0.15) is 38.8 Å². The van der Waals surface area contributed by atoms with Crippen LogP contribution in [0.15, 0.2) is 24.3 Å². The Labute approximate surface area is 121 Å². The van der Waals surface area contributed by atoms with Crippen molar-refractivity contribution < 1.29 is 9.53 Å². The number of aryl methyl sites for hydroxylation is 1. The molecule has 2 unspecified atom stereocenters. The van der Waals surface area contributed by atoms with Crippen LogP contribution in [-0.2, 0) is 16.1 Å². The summed E-state index contributed by atoms with van der Waals surface area (Å²) in [7, 11) is 0. The zero-order chi connectivity index (χ0) is 14.9. The van der Waals surface area contributed by atoms with Gasteiger partial charge in [-0.3, -0.25) is 9.69 Å². The van der Waals surface area contributed by atoms with Gasteiger partial charge in [-0.1, -0.05) is 36.8 Å². The first-order valence-corrected chi connectivity index (χ1v) is 7.29. The number of benzene rings is 1. The van der Waals surface area contributed by atoms with Crippen LogP contribution in [0.2, 0.25) is 0 Å². The second-order valence-electron chi connectivity index (χ2n) is 6.87. The van der Waals surface area contributed by atoms with E-state index in [0.29, 0.717) is 5.92 Å². The fourth-order valence-electron chi connectivity index (χ4n) is 2.64. The van der Waals surface area contributed by atoms with Gasteiger partial charge in [-0.05, 0) is 39.2 Å². The molecule has 0 spiro atoms. The van der Waals surface area contributed by atoms with Crippen LogP contribution in [0, 0.1) is 12.8 Å². The molecule has 0 radical (unpaired) electrons.